The van der Waals surface area contributed by atoms with Gasteiger partial charge in [-0.15, -0.1) is 0 Å². The number of carboxylic acids is 1. The number of aliphatic carboxylic acids is 1. The molecule has 2 aromatic rings. The number of hydrogen-bond acceptors (Lipinski definition) is 1. The third kappa shape index (κ3) is 1.91. The minimum atomic E-state index is -0.783. The first-order valence-electron chi connectivity index (χ1n) is 5.43. The monoisotopic (exact) mass is 214 g/mol. The number of aryl methyl sites for hydroxylation is 1. The fourth-order valence-electron chi connectivity index (χ4n) is 2.05. The second-order valence-electron chi connectivity index (χ2n) is 3.85. The summed E-state index contributed by atoms with van der Waals surface area (Å²) in [4.78, 5) is 10.8. The molecule has 0 aliphatic rings. The lowest BCUT2D eigenvalue weighted by Crippen LogP contribution is -2.01. The van der Waals surface area contributed by atoms with Crippen molar-refractivity contribution in [3.05, 3.63) is 47.5 Å². The fourth-order valence-corrected chi connectivity index (χ4v) is 2.05. The average molecular weight is 214 g/mol. The summed E-state index contributed by atoms with van der Waals surface area (Å²) in [7, 11) is 0. The van der Waals surface area contributed by atoms with Gasteiger partial charge in [-0.2, -0.15) is 0 Å². The van der Waals surface area contributed by atoms with Gasteiger partial charge in [0.1, 0.15) is 0 Å². The average Bonchev–Trinajstić information content (AvgIpc) is 2.29. The largest absolute Gasteiger partial charge is 0.481 e. The van der Waals surface area contributed by atoms with Gasteiger partial charge in [0, 0.05) is 0 Å². The van der Waals surface area contributed by atoms with Crippen molar-refractivity contribution in [3.63, 3.8) is 0 Å². The van der Waals surface area contributed by atoms with Crippen LogP contribution in [-0.4, -0.2) is 11.1 Å². The van der Waals surface area contributed by atoms with Crippen molar-refractivity contribution in [2.75, 3.05) is 0 Å². The van der Waals surface area contributed by atoms with Crippen LogP contribution in [0.15, 0.2) is 36.4 Å². The molecule has 2 nitrogen and oxygen atoms in total. The summed E-state index contributed by atoms with van der Waals surface area (Å²) in [5, 5.41) is 11.1. The van der Waals surface area contributed by atoms with E-state index in [1.807, 2.05) is 30.3 Å². The molecule has 0 amide bonds. The first kappa shape index (κ1) is 10.7. The molecule has 0 radical (unpaired) electrons. The molecule has 0 spiro atoms. The predicted octanol–water partition coefficient (Wildman–Crippen LogP) is 3.03. The van der Waals surface area contributed by atoms with Gasteiger partial charge in [0.25, 0.3) is 0 Å². The Morgan fingerprint density at radius 2 is 1.62 bits per heavy atom. The Hall–Kier alpha value is -1.83. The van der Waals surface area contributed by atoms with E-state index in [0.29, 0.717) is 0 Å². The van der Waals surface area contributed by atoms with Crippen LogP contribution in [0.3, 0.4) is 0 Å². The van der Waals surface area contributed by atoms with Crippen molar-refractivity contribution < 1.29 is 9.90 Å². The number of hydrogen-bond donors (Lipinski definition) is 1. The van der Waals surface area contributed by atoms with Gasteiger partial charge in [-0.1, -0.05) is 43.3 Å². The number of benzene rings is 2. The highest BCUT2D eigenvalue weighted by Crippen LogP contribution is 2.23. The van der Waals surface area contributed by atoms with Crippen LogP contribution in [0.25, 0.3) is 10.8 Å². The number of carbonyl (C=O) groups is 1. The topological polar surface area (TPSA) is 37.3 Å². The van der Waals surface area contributed by atoms with E-state index in [1.54, 1.807) is 0 Å². The molecule has 0 unspecified atom stereocenters. The van der Waals surface area contributed by atoms with Crippen molar-refractivity contribution >= 4 is 16.7 Å². The normalized spacial score (nSPS) is 10.6. The molecule has 2 aromatic carbocycles. The third-order valence-electron chi connectivity index (χ3n) is 2.83. The number of rotatable bonds is 3. The van der Waals surface area contributed by atoms with E-state index < -0.39 is 5.97 Å². The smallest absolute Gasteiger partial charge is 0.307 e. The molecule has 2 heteroatoms. The van der Waals surface area contributed by atoms with Gasteiger partial charge < -0.3 is 5.11 Å². The molecule has 0 saturated heterocycles. The summed E-state index contributed by atoms with van der Waals surface area (Å²) in [6.07, 6.45) is 1.05. The summed E-state index contributed by atoms with van der Waals surface area (Å²) in [5.41, 5.74) is 2.16. The maximum Gasteiger partial charge on any atom is 0.307 e. The lowest BCUT2D eigenvalue weighted by atomic mass is 9.97. The van der Waals surface area contributed by atoms with E-state index in [4.69, 9.17) is 5.11 Å². The van der Waals surface area contributed by atoms with Crippen LogP contribution < -0.4 is 0 Å². The highest BCUT2D eigenvalue weighted by atomic mass is 16.4. The van der Waals surface area contributed by atoms with Crippen LogP contribution in [0, 0.1) is 0 Å². The van der Waals surface area contributed by atoms with E-state index in [2.05, 4.69) is 13.0 Å². The quantitative estimate of drug-likeness (QED) is 0.852. The fraction of sp³-hybridized carbons (Fsp3) is 0.214. The summed E-state index contributed by atoms with van der Waals surface area (Å²) in [5.74, 6) is -0.783. The Kier molecular flexibility index (Phi) is 2.91. The molecule has 0 aromatic heterocycles. The van der Waals surface area contributed by atoms with Gasteiger partial charge in [-0.05, 0) is 28.3 Å². The molecule has 82 valence electrons. The van der Waals surface area contributed by atoms with Gasteiger partial charge in [0.15, 0.2) is 0 Å². The van der Waals surface area contributed by atoms with Crippen molar-refractivity contribution in [2.24, 2.45) is 0 Å². The minimum Gasteiger partial charge on any atom is -0.481 e. The molecule has 0 bridgehead atoms. The molecule has 0 fully saturated rings. The van der Waals surface area contributed by atoms with E-state index in [0.717, 1.165) is 17.4 Å². The second-order valence-corrected chi connectivity index (χ2v) is 3.85. The predicted molar refractivity (Wildman–Crippen MR) is 64.7 cm³/mol. The maximum absolute atomic E-state index is 10.8. The third-order valence-corrected chi connectivity index (χ3v) is 2.83. The van der Waals surface area contributed by atoms with E-state index in [-0.39, 0.29) is 6.42 Å². The Balaban J connectivity index is 2.64. The van der Waals surface area contributed by atoms with Crippen LogP contribution in [0.5, 0.6) is 0 Å². The van der Waals surface area contributed by atoms with Crippen LogP contribution in [-0.2, 0) is 17.6 Å². The van der Waals surface area contributed by atoms with E-state index in [9.17, 15) is 4.79 Å². The zero-order chi connectivity index (χ0) is 11.5. The van der Waals surface area contributed by atoms with Crippen molar-refractivity contribution in [2.45, 2.75) is 19.8 Å². The van der Waals surface area contributed by atoms with E-state index >= 15 is 0 Å². The standard InChI is InChI=1S/C14H14O2/c1-2-10-7-8-11(9-14(15)16)13-6-4-3-5-12(10)13/h3-8H,2,9H2,1H3,(H,15,16). The molecule has 0 heterocycles. The minimum absolute atomic E-state index is 0.0878. The zero-order valence-corrected chi connectivity index (χ0v) is 9.23. The molecular weight excluding hydrogens is 200 g/mol. The van der Waals surface area contributed by atoms with Crippen molar-refractivity contribution in [1.29, 1.82) is 0 Å². The summed E-state index contributed by atoms with van der Waals surface area (Å²) in [6, 6.07) is 11.9. The van der Waals surface area contributed by atoms with Gasteiger partial charge in [0.2, 0.25) is 0 Å². The van der Waals surface area contributed by atoms with Crippen molar-refractivity contribution in [1.82, 2.24) is 0 Å². The van der Waals surface area contributed by atoms with Crippen molar-refractivity contribution in [3.8, 4) is 0 Å². The lowest BCUT2D eigenvalue weighted by molar-refractivity contribution is -0.136. The van der Waals surface area contributed by atoms with Crippen LogP contribution >= 0.6 is 0 Å². The summed E-state index contributed by atoms with van der Waals surface area (Å²) in [6.45, 7) is 2.11. The highest BCUT2D eigenvalue weighted by molar-refractivity contribution is 5.91. The summed E-state index contributed by atoms with van der Waals surface area (Å²) < 4.78 is 0. The van der Waals surface area contributed by atoms with E-state index in [1.165, 1.54) is 10.9 Å². The van der Waals surface area contributed by atoms with Crippen LogP contribution in [0.1, 0.15) is 18.1 Å². The highest BCUT2D eigenvalue weighted by Gasteiger charge is 2.07. The summed E-state index contributed by atoms with van der Waals surface area (Å²) >= 11 is 0. The first-order chi connectivity index (χ1) is 7.72. The first-order valence-corrected chi connectivity index (χ1v) is 5.43. The van der Waals surface area contributed by atoms with Crippen LogP contribution in [0.4, 0.5) is 0 Å². The molecule has 0 aliphatic carbocycles. The molecule has 0 atom stereocenters. The molecule has 0 aliphatic heterocycles. The maximum atomic E-state index is 10.8. The Bertz CT molecular complexity index is 529. The molecule has 1 N–H and O–H groups in total. The molecule has 2 rings (SSSR count). The number of carboxylic acid groups (broad SMARTS) is 1. The zero-order valence-electron chi connectivity index (χ0n) is 9.23. The van der Waals surface area contributed by atoms with Gasteiger partial charge in [-0.25, -0.2) is 0 Å². The SMILES string of the molecule is CCc1ccc(CC(=O)O)c2ccccc12. The second kappa shape index (κ2) is 4.35. The van der Waals surface area contributed by atoms with Gasteiger partial charge >= 0.3 is 5.97 Å². The van der Waals surface area contributed by atoms with Crippen LogP contribution in [0.2, 0.25) is 0 Å². The molecule has 0 saturated carbocycles. The lowest BCUT2D eigenvalue weighted by Gasteiger charge is -2.08. The Morgan fingerprint density at radius 3 is 2.19 bits per heavy atom. The Morgan fingerprint density at radius 1 is 1.06 bits per heavy atom. The van der Waals surface area contributed by atoms with Gasteiger partial charge in [-0.3, -0.25) is 4.79 Å². The Labute approximate surface area is 94.5 Å². The molecule has 16 heavy (non-hydrogen) atoms. The van der Waals surface area contributed by atoms with Gasteiger partial charge in [0.05, 0.1) is 6.42 Å². The molecular formula is C14H14O2. The number of fused-ring (bicyclic) bond motifs is 1.